The third kappa shape index (κ3) is 4.56. The van der Waals surface area contributed by atoms with Gasteiger partial charge < -0.3 is 4.90 Å². The topological polar surface area (TPSA) is 3.24 Å². The molecule has 0 aliphatic heterocycles. The second-order valence-corrected chi connectivity index (χ2v) is 9.89. The van der Waals surface area contributed by atoms with Crippen LogP contribution in [0.3, 0.4) is 0 Å². The van der Waals surface area contributed by atoms with Gasteiger partial charge in [0.15, 0.2) is 0 Å². The Kier molecular flexibility index (Phi) is 5.88. The van der Waals surface area contributed by atoms with Crippen molar-refractivity contribution in [1.82, 2.24) is 0 Å². The molecule has 0 radical (unpaired) electrons. The van der Waals surface area contributed by atoms with E-state index >= 15 is 0 Å². The lowest BCUT2D eigenvalue weighted by Crippen LogP contribution is -2.09. The summed E-state index contributed by atoms with van der Waals surface area (Å²) in [7, 11) is 0. The molecule has 0 aliphatic carbocycles. The van der Waals surface area contributed by atoms with Crippen molar-refractivity contribution in [3.8, 4) is 22.3 Å². The molecule has 39 heavy (non-hydrogen) atoms. The van der Waals surface area contributed by atoms with Crippen LogP contribution >= 0.6 is 0 Å². The standard InChI is InChI=1S/C38H27N/c1-2-8-28(9-3-1)31-16-21-36(22-17-31)39(38-25-20-30-11-5-7-13-34(30)27-38)37-23-18-32(19-24-37)35-15-14-29-10-4-6-12-33(29)26-35/h1-27H. The van der Waals surface area contributed by atoms with E-state index in [9.17, 15) is 0 Å². The number of benzene rings is 7. The fourth-order valence-corrected chi connectivity index (χ4v) is 5.37. The predicted molar refractivity (Wildman–Crippen MR) is 167 cm³/mol. The summed E-state index contributed by atoms with van der Waals surface area (Å²) in [6, 6.07) is 58.7. The lowest BCUT2D eigenvalue weighted by Gasteiger charge is -2.26. The molecule has 0 bridgehead atoms. The summed E-state index contributed by atoms with van der Waals surface area (Å²) in [6.07, 6.45) is 0. The van der Waals surface area contributed by atoms with E-state index in [1.807, 2.05) is 0 Å². The molecule has 0 fully saturated rings. The summed E-state index contributed by atoms with van der Waals surface area (Å²) in [6.45, 7) is 0. The molecular weight excluding hydrogens is 470 g/mol. The molecule has 0 aromatic heterocycles. The van der Waals surface area contributed by atoms with Gasteiger partial charge in [0.1, 0.15) is 0 Å². The Morgan fingerprint density at radius 3 is 1.28 bits per heavy atom. The van der Waals surface area contributed by atoms with Gasteiger partial charge in [0.2, 0.25) is 0 Å². The molecule has 184 valence electrons. The predicted octanol–water partition coefficient (Wildman–Crippen LogP) is 10.8. The van der Waals surface area contributed by atoms with Gasteiger partial charge in [0.25, 0.3) is 0 Å². The van der Waals surface area contributed by atoms with E-state index in [0.717, 1.165) is 17.1 Å². The van der Waals surface area contributed by atoms with Gasteiger partial charge in [-0.1, -0.05) is 121 Å². The zero-order valence-electron chi connectivity index (χ0n) is 21.5. The minimum atomic E-state index is 1.13. The fraction of sp³-hybridized carbons (Fsp3) is 0. The highest BCUT2D eigenvalue weighted by Gasteiger charge is 2.14. The average molecular weight is 498 g/mol. The summed E-state index contributed by atoms with van der Waals surface area (Å²) in [5.41, 5.74) is 8.27. The monoisotopic (exact) mass is 497 g/mol. The molecule has 0 heterocycles. The summed E-state index contributed by atoms with van der Waals surface area (Å²) >= 11 is 0. The first kappa shape index (κ1) is 23.0. The third-order valence-corrected chi connectivity index (χ3v) is 7.43. The molecule has 0 amide bonds. The van der Waals surface area contributed by atoms with Crippen LogP contribution in [0.25, 0.3) is 43.8 Å². The van der Waals surface area contributed by atoms with Crippen molar-refractivity contribution in [3.05, 3.63) is 164 Å². The van der Waals surface area contributed by atoms with Crippen LogP contribution in [0.2, 0.25) is 0 Å². The Balaban J connectivity index is 1.30. The highest BCUT2D eigenvalue weighted by atomic mass is 15.1. The quantitative estimate of drug-likeness (QED) is 0.229. The summed E-state index contributed by atoms with van der Waals surface area (Å²) in [5.74, 6) is 0. The molecule has 0 saturated heterocycles. The maximum Gasteiger partial charge on any atom is 0.0468 e. The second kappa shape index (κ2) is 9.96. The Bertz CT molecular complexity index is 1880. The lowest BCUT2D eigenvalue weighted by atomic mass is 10.0. The highest BCUT2D eigenvalue weighted by Crippen LogP contribution is 2.38. The van der Waals surface area contributed by atoms with Crippen molar-refractivity contribution in [2.75, 3.05) is 4.90 Å². The zero-order valence-corrected chi connectivity index (χ0v) is 21.5. The van der Waals surface area contributed by atoms with Crippen LogP contribution in [-0.2, 0) is 0 Å². The van der Waals surface area contributed by atoms with Gasteiger partial charge in [0.05, 0.1) is 0 Å². The number of rotatable bonds is 5. The lowest BCUT2D eigenvalue weighted by molar-refractivity contribution is 1.29. The van der Waals surface area contributed by atoms with E-state index in [-0.39, 0.29) is 0 Å². The highest BCUT2D eigenvalue weighted by molar-refractivity contribution is 5.90. The van der Waals surface area contributed by atoms with Crippen LogP contribution in [0.15, 0.2) is 164 Å². The maximum absolute atomic E-state index is 2.34. The van der Waals surface area contributed by atoms with Crippen molar-refractivity contribution < 1.29 is 0 Å². The van der Waals surface area contributed by atoms with Crippen LogP contribution in [0, 0.1) is 0 Å². The Morgan fingerprint density at radius 2 is 0.667 bits per heavy atom. The molecule has 7 aromatic rings. The van der Waals surface area contributed by atoms with Crippen molar-refractivity contribution >= 4 is 38.6 Å². The number of hydrogen-bond acceptors (Lipinski definition) is 1. The van der Waals surface area contributed by atoms with Crippen molar-refractivity contribution in [2.45, 2.75) is 0 Å². The average Bonchev–Trinajstić information content (AvgIpc) is 3.02. The van der Waals surface area contributed by atoms with Gasteiger partial charge in [-0.05, 0) is 86.3 Å². The van der Waals surface area contributed by atoms with Gasteiger partial charge in [-0.15, -0.1) is 0 Å². The minimum Gasteiger partial charge on any atom is -0.310 e. The zero-order chi connectivity index (χ0) is 26.0. The molecule has 1 nitrogen and oxygen atoms in total. The molecule has 7 aromatic carbocycles. The molecule has 7 rings (SSSR count). The van der Waals surface area contributed by atoms with Crippen molar-refractivity contribution in [2.24, 2.45) is 0 Å². The number of nitrogens with zero attached hydrogens (tertiary/aromatic N) is 1. The summed E-state index contributed by atoms with van der Waals surface area (Å²) in [4.78, 5) is 2.34. The first-order valence-electron chi connectivity index (χ1n) is 13.4. The molecule has 0 atom stereocenters. The molecule has 0 aliphatic rings. The van der Waals surface area contributed by atoms with E-state index in [1.165, 1.54) is 43.8 Å². The Hall–Kier alpha value is -5.14. The largest absolute Gasteiger partial charge is 0.310 e. The molecule has 0 unspecified atom stereocenters. The Labute approximate surface area is 229 Å². The first-order chi connectivity index (χ1) is 19.3. The van der Waals surface area contributed by atoms with E-state index < -0.39 is 0 Å². The van der Waals surface area contributed by atoms with Gasteiger partial charge in [-0.3, -0.25) is 0 Å². The number of fused-ring (bicyclic) bond motifs is 2. The molecular formula is C38H27N. The van der Waals surface area contributed by atoms with Gasteiger partial charge in [-0.25, -0.2) is 0 Å². The van der Waals surface area contributed by atoms with Gasteiger partial charge in [0, 0.05) is 17.1 Å². The van der Waals surface area contributed by atoms with Crippen molar-refractivity contribution in [3.63, 3.8) is 0 Å². The summed E-state index contributed by atoms with van der Waals surface area (Å²) < 4.78 is 0. The van der Waals surface area contributed by atoms with Crippen LogP contribution < -0.4 is 4.90 Å². The van der Waals surface area contributed by atoms with Crippen molar-refractivity contribution in [1.29, 1.82) is 0 Å². The smallest absolute Gasteiger partial charge is 0.0468 e. The van der Waals surface area contributed by atoms with E-state index in [1.54, 1.807) is 0 Å². The van der Waals surface area contributed by atoms with Crippen LogP contribution in [0.4, 0.5) is 17.1 Å². The third-order valence-electron chi connectivity index (χ3n) is 7.43. The van der Waals surface area contributed by atoms with Gasteiger partial charge >= 0.3 is 0 Å². The van der Waals surface area contributed by atoms with Gasteiger partial charge in [-0.2, -0.15) is 0 Å². The first-order valence-corrected chi connectivity index (χ1v) is 13.4. The van der Waals surface area contributed by atoms with Crippen LogP contribution in [0.1, 0.15) is 0 Å². The second-order valence-electron chi connectivity index (χ2n) is 9.89. The SMILES string of the molecule is c1ccc(-c2ccc(N(c3ccc(-c4ccc5ccccc5c4)cc3)c3ccc4ccccc4c3)cc2)cc1. The van der Waals surface area contributed by atoms with E-state index in [4.69, 9.17) is 0 Å². The van der Waals surface area contributed by atoms with E-state index in [2.05, 4.69) is 169 Å². The van der Waals surface area contributed by atoms with Crippen LogP contribution in [0.5, 0.6) is 0 Å². The maximum atomic E-state index is 2.34. The van der Waals surface area contributed by atoms with E-state index in [0.29, 0.717) is 0 Å². The molecule has 0 spiro atoms. The number of hydrogen-bond donors (Lipinski definition) is 0. The minimum absolute atomic E-state index is 1.13. The Morgan fingerprint density at radius 1 is 0.256 bits per heavy atom. The van der Waals surface area contributed by atoms with Crippen LogP contribution in [-0.4, -0.2) is 0 Å². The molecule has 0 N–H and O–H groups in total. The molecule has 1 heteroatoms. The fourth-order valence-electron chi connectivity index (χ4n) is 5.37. The normalized spacial score (nSPS) is 11.1. The number of anilines is 3. The summed E-state index contributed by atoms with van der Waals surface area (Å²) in [5, 5.41) is 5.00. The molecule has 0 saturated carbocycles.